The van der Waals surface area contributed by atoms with Gasteiger partial charge in [-0.1, -0.05) is 18.2 Å². The van der Waals surface area contributed by atoms with E-state index in [2.05, 4.69) is 9.97 Å². The van der Waals surface area contributed by atoms with E-state index in [9.17, 15) is 0 Å². The molecule has 0 aliphatic rings. The number of aromatic amines is 1. The van der Waals surface area contributed by atoms with Crippen LogP contribution >= 0.6 is 11.3 Å². The molecule has 0 saturated carbocycles. The fraction of sp³-hybridized carbons (Fsp3) is 0. The van der Waals surface area contributed by atoms with Gasteiger partial charge in [0.2, 0.25) is 0 Å². The highest BCUT2D eigenvalue weighted by Gasteiger charge is 1.59. The van der Waals surface area contributed by atoms with Gasteiger partial charge in [0.05, 0.1) is 0 Å². The van der Waals surface area contributed by atoms with Crippen LogP contribution in [0.25, 0.3) is 0 Å². The van der Waals surface area contributed by atoms with Gasteiger partial charge in [-0.3, -0.25) is 4.98 Å². The molecule has 1 N–H and O–H groups in total. The molecule has 0 aliphatic carbocycles. The Labute approximate surface area is 99.6 Å². The zero-order valence-corrected chi connectivity index (χ0v) is 9.68. The maximum atomic E-state index is 3.78. The summed E-state index contributed by atoms with van der Waals surface area (Å²) in [5.74, 6) is 0. The zero-order chi connectivity index (χ0) is 11.3. The Morgan fingerprint density at radius 2 is 1.31 bits per heavy atom. The third-order valence-electron chi connectivity index (χ3n) is 1.49. The van der Waals surface area contributed by atoms with E-state index in [0.717, 1.165) is 0 Å². The molecular weight excluding hydrogens is 216 g/mol. The van der Waals surface area contributed by atoms with E-state index < -0.39 is 0 Å². The number of aromatic nitrogens is 2. The van der Waals surface area contributed by atoms with Crippen molar-refractivity contribution in [3.05, 3.63) is 78.0 Å². The van der Waals surface area contributed by atoms with Crippen molar-refractivity contribution in [2.24, 2.45) is 0 Å². The molecule has 3 rings (SSSR count). The topological polar surface area (TPSA) is 28.7 Å². The lowest BCUT2D eigenvalue weighted by atomic mass is 10.5. The predicted octanol–water partition coefficient (Wildman–Crippen LogP) is 3.84. The van der Waals surface area contributed by atoms with E-state index in [-0.39, 0.29) is 0 Å². The molecule has 0 saturated heterocycles. The van der Waals surface area contributed by atoms with Gasteiger partial charge in [-0.15, -0.1) is 0 Å². The van der Waals surface area contributed by atoms with Crippen LogP contribution in [0.3, 0.4) is 0 Å². The lowest BCUT2D eigenvalue weighted by Crippen LogP contribution is -1.58. The third kappa shape index (κ3) is 7.53. The summed E-state index contributed by atoms with van der Waals surface area (Å²) >= 11 is 1.71. The Morgan fingerprint density at radius 1 is 0.688 bits per heavy atom. The summed E-state index contributed by atoms with van der Waals surface area (Å²) in [5, 5.41) is 4.08. The number of rotatable bonds is 0. The van der Waals surface area contributed by atoms with Crippen LogP contribution in [0.4, 0.5) is 0 Å². The van der Waals surface area contributed by atoms with Crippen LogP contribution in [0.2, 0.25) is 0 Å². The number of H-pyrrole nitrogens is 1. The summed E-state index contributed by atoms with van der Waals surface area (Å²) in [6.07, 6.45) is 7.25. The second kappa shape index (κ2) is 9.68. The van der Waals surface area contributed by atoms with Gasteiger partial charge >= 0.3 is 0 Å². The lowest BCUT2D eigenvalue weighted by Gasteiger charge is -1.70. The van der Waals surface area contributed by atoms with Gasteiger partial charge in [0.15, 0.2) is 0 Å². The van der Waals surface area contributed by atoms with E-state index in [1.165, 1.54) is 0 Å². The summed E-state index contributed by atoms with van der Waals surface area (Å²) in [6.45, 7) is 0. The molecule has 3 aromatic heterocycles. The molecule has 0 bridgehead atoms. The van der Waals surface area contributed by atoms with Gasteiger partial charge in [-0.05, 0) is 35.0 Å². The maximum absolute atomic E-state index is 3.78. The van der Waals surface area contributed by atoms with E-state index in [4.69, 9.17) is 0 Å². The van der Waals surface area contributed by atoms with Crippen molar-refractivity contribution in [3.63, 3.8) is 0 Å². The molecule has 0 unspecified atom stereocenters. The van der Waals surface area contributed by atoms with Crippen molar-refractivity contribution in [3.8, 4) is 0 Å². The minimum atomic E-state index is 1.71. The van der Waals surface area contributed by atoms with Crippen molar-refractivity contribution in [1.29, 1.82) is 0 Å². The standard InChI is InChI=1S/C5H5N.C4H5N.C4H4S/c1-2-4-6-5-3-1;2*1-2-4-5-3-1/h1-5H;1-5H;1-4H. The average Bonchev–Trinajstić information content (AvgIpc) is 3.10. The molecule has 16 heavy (non-hydrogen) atoms. The monoisotopic (exact) mass is 230 g/mol. The van der Waals surface area contributed by atoms with Gasteiger partial charge in [0.25, 0.3) is 0 Å². The molecule has 0 aromatic carbocycles. The highest BCUT2D eigenvalue weighted by Crippen LogP contribution is 1.91. The molecule has 2 nitrogen and oxygen atoms in total. The van der Waals surface area contributed by atoms with Crippen LogP contribution < -0.4 is 0 Å². The lowest BCUT2D eigenvalue weighted by molar-refractivity contribution is 1.33. The Kier molecular flexibility index (Phi) is 7.38. The number of hydrogen-bond acceptors (Lipinski definition) is 2. The number of hydrogen-bond donors (Lipinski definition) is 1. The molecule has 3 heteroatoms. The first kappa shape index (κ1) is 12.2. The molecule has 0 amide bonds. The normalized spacial score (nSPS) is 8.00. The van der Waals surface area contributed by atoms with Gasteiger partial charge in [0, 0.05) is 24.8 Å². The smallest absolute Gasteiger partial charge is 0.0267 e. The van der Waals surface area contributed by atoms with Crippen molar-refractivity contribution in [1.82, 2.24) is 9.97 Å². The minimum absolute atomic E-state index is 1.71. The second-order valence-electron chi connectivity index (χ2n) is 2.70. The number of thiophene rings is 1. The second-order valence-corrected chi connectivity index (χ2v) is 3.52. The molecule has 3 aromatic rings. The first-order valence-electron chi connectivity index (χ1n) is 4.90. The minimum Gasteiger partial charge on any atom is -0.368 e. The van der Waals surface area contributed by atoms with Crippen molar-refractivity contribution in [2.45, 2.75) is 0 Å². The fourth-order valence-electron chi connectivity index (χ4n) is 0.817. The predicted molar refractivity (Wildman–Crippen MR) is 69.3 cm³/mol. The van der Waals surface area contributed by atoms with Crippen molar-refractivity contribution >= 4 is 11.3 Å². The summed E-state index contributed by atoms with van der Waals surface area (Å²) in [5.41, 5.74) is 0. The number of nitrogens with one attached hydrogen (secondary N) is 1. The quantitative estimate of drug-likeness (QED) is 0.624. The summed E-state index contributed by atoms with van der Waals surface area (Å²) in [6, 6.07) is 13.6. The number of nitrogens with zero attached hydrogens (tertiary/aromatic N) is 1. The van der Waals surface area contributed by atoms with Crippen LogP contribution in [-0.4, -0.2) is 9.97 Å². The average molecular weight is 230 g/mol. The molecule has 0 aliphatic heterocycles. The Hall–Kier alpha value is -1.87. The largest absolute Gasteiger partial charge is 0.368 e. The van der Waals surface area contributed by atoms with Gasteiger partial charge in [-0.25, -0.2) is 0 Å². The molecule has 0 fully saturated rings. The Balaban J connectivity index is 0.000000121. The van der Waals surface area contributed by atoms with Gasteiger partial charge in [-0.2, -0.15) is 11.3 Å². The van der Waals surface area contributed by atoms with E-state index >= 15 is 0 Å². The Bertz CT molecular complexity index is 305. The van der Waals surface area contributed by atoms with E-state index in [1.54, 1.807) is 23.7 Å². The molecular formula is C13H14N2S. The molecule has 82 valence electrons. The molecule has 0 radical (unpaired) electrons. The summed E-state index contributed by atoms with van der Waals surface area (Å²) < 4.78 is 0. The maximum Gasteiger partial charge on any atom is 0.0267 e. The third-order valence-corrected chi connectivity index (χ3v) is 2.12. The van der Waals surface area contributed by atoms with E-state index in [0.29, 0.717) is 0 Å². The highest BCUT2D eigenvalue weighted by atomic mass is 32.1. The Morgan fingerprint density at radius 3 is 1.50 bits per heavy atom. The first-order chi connectivity index (χ1) is 8.00. The summed E-state index contributed by atoms with van der Waals surface area (Å²) in [7, 11) is 0. The van der Waals surface area contributed by atoms with Crippen molar-refractivity contribution < 1.29 is 0 Å². The van der Waals surface area contributed by atoms with E-state index in [1.807, 2.05) is 65.6 Å². The number of pyridine rings is 1. The fourth-order valence-corrected chi connectivity index (χ4v) is 1.27. The molecule has 0 atom stereocenters. The van der Waals surface area contributed by atoms with Crippen LogP contribution in [0, 0.1) is 0 Å². The van der Waals surface area contributed by atoms with Crippen molar-refractivity contribution in [2.75, 3.05) is 0 Å². The van der Waals surface area contributed by atoms with Crippen LogP contribution in [0.1, 0.15) is 0 Å². The molecule has 3 heterocycles. The first-order valence-corrected chi connectivity index (χ1v) is 5.84. The SMILES string of the molecule is c1cc[nH]c1.c1ccncc1.c1ccsc1. The van der Waals surface area contributed by atoms with Crippen LogP contribution in [0.15, 0.2) is 78.0 Å². The highest BCUT2D eigenvalue weighted by molar-refractivity contribution is 7.07. The van der Waals surface area contributed by atoms with Gasteiger partial charge in [0.1, 0.15) is 0 Å². The van der Waals surface area contributed by atoms with Gasteiger partial charge < -0.3 is 4.98 Å². The molecule has 0 spiro atoms. The van der Waals surface area contributed by atoms with Crippen LogP contribution in [-0.2, 0) is 0 Å². The summed E-state index contributed by atoms with van der Waals surface area (Å²) in [4.78, 5) is 6.65. The zero-order valence-electron chi connectivity index (χ0n) is 8.86. The van der Waals surface area contributed by atoms with Crippen LogP contribution in [0.5, 0.6) is 0 Å².